The first-order valence-corrected chi connectivity index (χ1v) is 14.1. The third kappa shape index (κ3) is 5.80. The van der Waals surface area contributed by atoms with Crippen molar-refractivity contribution in [2.45, 2.75) is 50.0 Å². The molecule has 1 saturated carbocycles. The van der Waals surface area contributed by atoms with Crippen molar-refractivity contribution in [1.82, 2.24) is 4.90 Å². The number of hydrogen-bond acceptors (Lipinski definition) is 8. The van der Waals surface area contributed by atoms with Crippen LogP contribution >= 0.6 is 11.8 Å². The Balaban J connectivity index is 1.48. The number of nitro benzene ring substituents is 1. The van der Waals surface area contributed by atoms with Crippen LogP contribution in [0, 0.1) is 16.0 Å². The van der Waals surface area contributed by atoms with Crippen LogP contribution in [0.3, 0.4) is 0 Å². The summed E-state index contributed by atoms with van der Waals surface area (Å²) in [5.41, 5.74) is 0.584. The van der Waals surface area contributed by atoms with E-state index in [9.17, 15) is 28.1 Å². The van der Waals surface area contributed by atoms with Crippen LogP contribution in [-0.2, 0) is 14.8 Å². The van der Waals surface area contributed by atoms with Gasteiger partial charge in [0, 0.05) is 17.8 Å². The molecule has 2 fully saturated rings. The van der Waals surface area contributed by atoms with Gasteiger partial charge in [-0.25, -0.2) is 8.42 Å². The molecule has 0 radical (unpaired) electrons. The quantitative estimate of drug-likeness (QED) is 0.264. The Hall–Kier alpha value is -3.38. The van der Waals surface area contributed by atoms with Gasteiger partial charge in [-0.05, 0) is 67.3 Å². The van der Waals surface area contributed by atoms with Crippen LogP contribution in [0.1, 0.15) is 44.6 Å². The van der Waals surface area contributed by atoms with E-state index < -0.39 is 14.9 Å². The molecule has 196 valence electrons. The summed E-state index contributed by atoms with van der Waals surface area (Å²) < 4.78 is 33.2. The Labute approximate surface area is 219 Å². The van der Waals surface area contributed by atoms with Crippen molar-refractivity contribution in [1.29, 1.82) is 0 Å². The Morgan fingerprint density at radius 1 is 1.14 bits per heavy atom. The van der Waals surface area contributed by atoms with Crippen molar-refractivity contribution in [2.75, 3.05) is 11.8 Å². The van der Waals surface area contributed by atoms with Gasteiger partial charge in [-0.15, -0.1) is 0 Å². The third-order valence-corrected chi connectivity index (χ3v) is 8.98. The number of ether oxygens (including phenoxy) is 1. The predicted octanol–water partition coefficient (Wildman–Crippen LogP) is 5.41. The second kappa shape index (κ2) is 10.9. The molecular formula is C25H27N3O7S2. The van der Waals surface area contributed by atoms with Gasteiger partial charge in [-0.2, -0.15) is 0 Å². The molecule has 1 saturated heterocycles. The number of carbonyl (C=O) groups excluding carboxylic acids is 2. The maximum Gasteiger partial charge on any atom is 0.293 e. The van der Waals surface area contributed by atoms with Gasteiger partial charge < -0.3 is 4.74 Å². The Morgan fingerprint density at radius 2 is 1.81 bits per heavy atom. The van der Waals surface area contributed by atoms with E-state index in [0.29, 0.717) is 16.4 Å². The molecule has 2 amide bonds. The second-order valence-corrected chi connectivity index (χ2v) is 11.7. The molecule has 1 atom stereocenters. The van der Waals surface area contributed by atoms with Gasteiger partial charge in [0.05, 0.1) is 23.0 Å². The van der Waals surface area contributed by atoms with Crippen LogP contribution in [0.15, 0.2) is 52.3 Å². The first-order chi connectivity index (χ1) is 17.6. The van der Waals surface area contributed by atoms with Crippen molar-refractivity contribution in [3.8, 4) is 5.75 Å². The lowest BCUT2D eigenvalue weighted by Gasteiger charge is -2.32. The van der Waals surface area contributed by atoms with E-state index in [0.717, 1.165) is 55.6 Å². The van der Waals surface area contributed by atoms with Crippen LogP contribution in [0.25, 0.3) is 6.08 Å². The van der Waals surface area contributed by atoms with E-state index in [-0.39, 0.29) is 39.2 Å². The number of hydrogen-bond donors (Lipinski definition) is 1. The van der Waals surface area contributed by atoms with Crippen molar-refractivity contribution in [2.24, 2.45) is 5.92 Å². The molecule has 10 nitrogen and oxygen atoms in total. The highest BCUT2D eigenvalue weighted by Crippen LogP contribution is 2.38. The van der Waals surface area contributed by atoms with Gasteiger partial charge in [0.25, 0.3) is 26.9 Å². The minimum atomic E-state index is -4.10. The van der Waals surface area contributed by atoms with Gasteiger partial charge in [-0.3, -0.25) is 29.3 Å². The zero-order valence-electron chi connectivity index (χ0n) is 20.4. The Morgan fingerprint density at radius 3 is 2.43 bits per heavy atom. The number of methoxy groups -OCH3 is 1. The number of rotatable bonds is 8. The highest BCUT2D eigenvalue weighted by atomic mass is 32.2. The topological polar surface area (TPSA) is 136 Å². The monoisotopic (exact) mass is 545 g/mol. The molecule has 0 spiro atoms. The lowest BCUT2D eigenvalue weighted by Crippen LogP contribution is -2.42. The summed E-state index contributed by atoms with van der Waals surface area (Å²) in [6.45, 7) is 1.94. The third-order valence-electron chi connectivity index (χ3n) is 6.67. The van der Waals surface area contributed by atoms with E-state index in [1.807, 2.05) is 6.92 Å². The normalized spacial score (nSPS) is 18.8. The summed E-state index contributed by atoms with van der Waals surface area (Å²) in [5.74, 6) is -0.136. The minimum Gasteiger partial charge on any atom is -0.495 e. The number of imide groups is 1. The minimum absolute atomic E-state index is 0.146. The molecule has 2 aromatic rings. The zero-order valence-corrected chi connectivity index (χ0v) is 22.0. The van der Waals surface area contributed by atoms with Crippen molar-refractivity contribution >= 4 is 50.4 Å². The SMILES string of the molecule is COc1cc([N+](=O)[O-])ccc1S(=O)(=O)Nc1ccc(/C=C2\SC(=O)N(C(C)C3CCCCC3)C2=O)cc1. The number of nitrogens with one attached hydrogen (secondary N) is 1. The standard InChI is InChI=1S/C25H27N3O7S2/c1-16(18-6-4-3-5-7-18)27-24(29)22(36-25(27)30)14-17-8-10-19(11-9-17)26-37(33,34)23-13-12-20(28(31)32)15-21(23)35-2/h8-16,18,26H,3-7H2,1-2H3/b22-14-. The summed E-state index contributed by atoms with van der Waals surface area (Å²) in [6.07, 6.45) is 7.09. The van der Waals surface area contributed by atoms with E-state index in [4.69, 9.17) is 4.74 Å². The molecule has 1 unspecified atom stereocenters. The molecule has 0 bridgehead atoms. The molecule has 2 aromatic carbocycles. The number of carbonyl (C=O) groups is 2. The maximum absolute atomic E-state index is 13.0. The first kappa shape index (κ1) is 26.7. The molecule has 1 aliphatic carbocycles. The predicted molar refractivity (Wildman–Crippen MR) is 141 cm³/mol. The van der Waals surface area contributed by atoms with Gasteiger partial charge in [0.1, 0.15) is 10.6 Å². The molecule has 4 rings (SSSR count). The fraction of sp³-hybridized carbons (Fsp3) is 0.360. The van der Waals surface area contributed by atoms with Gasteiger partial charge in [-0.1, -0.05) is 31.4 Å². The molecular weight excluding hydrogens is 518 g/mol. The van der Waals surface area contributed by atoms with Gasteiger partial charge in [0.2, 0.25) is 0 Å². The number of sulfonamides is 1. The molecule has 1 N–H and O–H groups in total. The average Bonchev–Trinajstić information content (AvgIpc) is 3.16. The van der Waals surface area contributed by atoms with Crippen LogP contribution in [0.2, 0.25) is 0 Å². The first-order valence-electron chi connectivity index (χ1n) is 11.8. The van der Waals surface area contributed by atoms with E-state index in [1.54, 1.807) is 18.2 Å². The number of benzene rings is 2. The number of non-ortho nitro benzene ring substituents is 1. The summed E-state index contributed by atoms with van der Waals surface area (Å²) in [6, 6.07) is 9.39. The maximum atomic E-state index is 13.0. The number of anilines is 1. The van der Waals surface area contributed by atoms with Crippen LogP contribution in [0.4, 0.5) is 16.2 Å². The lowest BCUT2D eigenvalue weighted by atomic mass is 9.84. The molecule has 1 heterocycles. The van der Waals surface area contributed by atoms with Crippen LogP contribution in [0.5, 0.6) is 5.75 Å². The molecule has 12 heteroatoms. The Kier molecular flexibility index (Phi) is 7.88. The largest absolute Gasteiger partial charge is 0.495 e. The lowest BCUT2D eigenvalue weighted by molar-refractivity contribution is -0.385. The summed E-state index contributed by atoms with van der Waals surface area (Å²) in [5, 5.41) is 10.7. The molecule has 1 aliphatic heterocycles. The van der Waals surface area contributed by atoms with E-state index >= 15 is 0 Å². The van der Waals surface area contributed by atoms with Gasteiger partial charge >= 0.3 is 0 Å². The summed E-state index contributed by atoms with van der Waals surface area (Å²) >= 11 is 0.913. The second-order valence-electron chi connectivity index (χ2n) is 9.01. The highest BCUT2D eigenvalue weighted by molar-refractivity contribution is 8.18. The fourth-order valence-corrected chi connectivity index (χ4v) is 6.79. The van der Waals surface area contributed by atoms with Crippen molar-refractivity contribution < 1.29 is 27.7 Å². The summed E-state index contributed by atoms with van der Waals surface area (Å²) in [7, 11) is -2.87. The number of amides is 2. The zero-order chi connectivity index (χ0) is 26.7. The van der Waals surface area contributed by atoms with Crippen LogP contribution in [-0.4, -0.2) is 42.5 Å². The van der Waals surface area contributed by atoms with Crippen LogP contribution < -0.4 is 9.46 Å². The molecule has 37 heavy (non-hydrogen) atoms. The van der Waals surface area contributed by atoms with Gasteiger partial charge in [0.15, 0.2) is 0 Å². The van der Waals surface area contributed by atoms with Crippen molar-refractivity contribution in [3.05, 3.63) is 63.0 Å². The van der Waals surface area contributed by atoms with E-state index in [2.05, 4.69) is 4.72 Å². The highest BCUT2D eigenvalue weighted by Gasteiger charge is 2.40. The fourth-order valence-electron chi connectivity index (χ4n) is 4.66. The number of thioether (sulfide) groups is 1. The number of nitro groups is 1. The average molecular weight is 546 g/mol. The van der Waals surface area contributed by atoms with Crippen molar-refractivity contribution in [3.63, 3.8) is 0 Å². The molecule has 0 aromatic heterocycles. The Bertz CT molecular complexity index is 1350. The molecule has 2 aliphatic rings. The summed E-state index contributed by atoms with van der Waals surface area (Å²) in [4.78, 5) is 37.4. The number of nitrogens with zero attached hydrogens (tertiary/aromatic N) is 2. The van der Waals surface area contributed by atoms with E-state index in [1.165, 1.54) is 30.6 Å². The smallest absolute Gasteiger partial charge is 0.293 e.